The van der Waals surface area contributed by atoms with E-state index >= 15 is 0 Å². The summed E-state index contributed by atoms with van der Waals surface area (Å²) in [6, 6.07) is 12.7. The molecular formula is C17H20N2O3. The lowest BCUT2D eigenvalue weighted by Gasteiger charge is -2.14. The summed E-state index contributed by atoms with van der Waals surface area (Å²) in [5.41, 5.74) is 2.44. The van der Waals surface area contributed by atoms with E-state index in [1.54, 1.807) is 32.4 Å². The number of aryl methyl sites for hydroxylation is 1. The smallest absolute Gasteiger partial charge is 0.323 e. The van der Waals surface area contributed by atoms with E-state index in [1.807, 2.05) is 24.3 Å². The van der Waals surface area contributed by atoms with Gasteiger partial charge in [0.2, 0.25) is 0 Å². The Morgan fingerprint density at radius 1 is 0.955 bits per heavy atom. The molecule has 0 saturated heterocycles. The Hall–Kier alpha value is -2.69. The van der Waals surface area contributed by atoms with E-state index in [0.717, 1.165) is 12.1 Å². The van der Waals surface area contributed by atoms with Gasteiger partial charge < -0.3 is 20.1 Å². The highest BCUT2D eigenvalue weighted by Crippen LogP contribution is 2.34. The van der Waals surface area contributed by atoms with Crippen LogP contribution in [0.4, 0.5) is 16.2 Å². The Morgan fingerprint density at radius 2 is 1.55 bits per heavy atom. The highest BCUT2D eigenvalue weighted by molar-refractivity contribution is 6.01. The van der Waals surface area contributed by atoms with Crippen molar-refractivity contribution in [3.05, 3.63) is 48.0 Å². The number of anilines is 2. The van der Waals surface area contributed by atoms with Crippen LogP contribution in [-0.2, 0) is 6.42 Å². The summed E-state index contributed by atoms with van der Waals surface area (Å²) in [6.45, 7) is 2.09. The second-order valence-corrected chi connectivity index (χ2v) is 4.67. The maximum absolute atomic E-state index is 12.1. The summed E-state index contributed by atoms with van der Waals surface area (Å²) >= 11 is 0. The van der Waals surface area contributed by atoms with Gasteiger partial charge in [-0.1, -0.05) is 25.1 Å². The fraction of sp³-hybridized carbons (Fsp3) is 0.235. The van der Waals surface area contributed by atoms with E-state index in [0.29, 0.717) is 17.2 Å². The Labute approximate surface area is 130 Å². The van der Waals surface area contributed by atoms with Crippen LogP contribution in [0.15, 0.2) is 42.5 Å². The predicted octanol–water partition coefficient (Wildman–Crippen LogP) is 3.91. The number of hydrogen-bond acceptors (Lipinski definition) is 3. The number of rotatable bonds is 5. The van der Waals surface area contributed by atoms with Crippen molar-refractivity contribution in [1.82, 2.24) is 0 Å². The predicted molar refractivity (Wildman–Crippen MR) is 88.0 cm³/mol. The van der Waals surface area contributed by atoms with Crippen LogP contribution in [0.25, 0.3) is 0 Å². The summed E-state index contributed by atoms with van der Waals surface area (Å²) < 4.78 is 10.5. The summed E-state index contributed by atoms with van der Waals surface area (Å²) in [6.07, 6.45) is 0.963. The van der Waals surface area contributed by atoms with Gasteiger partial charge in [-0.2, -0.15) is 0 Å². The number of hydrogen-bond donors (Lipinski definition) is 2. The van der Waals surface area contributed by atoms with E-state index in [-0.39, 0.29) is 6.03 Å². The number of nitrogens with one attached hydrogen (secondary N) is 2. The standard InChI is InChI=1S/C17H20N2O3/c1-4-12-8-10-13(11-9-12)18-17(20)19-16-14(21-2)6-5-7-15(16)22-3/h5-11H,4H2,1-3H3,(H2,18,19,20). The highest BCUT2D eigenvalue weighted by atomic mass is 16.5. The normalized spacial score (nSPS) is 9.95. The monoisotopic (exact) mass is 300 g/mol. The minimum atomic E-state index is -0.355. The van der Waals surface area contributed by atoms with Crippen molar-refractivity contribution in [2.45, 2.75) is 13.3 Å². The number of ether oxygens (including phenoxy) is 2. The van der Waals surface area contributed by atoms with Crippen molar-refractivity contribution in [1.29, 1.82) is 0 Å². The quantitative estimate of drug-likeness (QED) is 0.880. The first-order valence-corrected chi connectivity index (χ1v) is 7.05. The highest BCUT2D eigenvalue weighted by Gasteiger charge is 2.13. The molecule has 0 radical (unpaired) electrons. The van der Waals surface area contributed by atoms with E-state index in [1.165, 1.54) is 5.56 Å². The Morgan fingerprint density at radius 3 is 2.05 bits per heavy atom. The van der Waals surface area contributed by atoms with E-state index in [2.05, 4.69) is 17.6 Å². The molecule has 2 amide bonds. The molecule has 0 spiro atoms. The molecule has 2 aromatic rings. The lowest BCUT2D eigenvalue weighted by Crippen LogP contribution is -2.20. The number of urea groups is 1. The molecule has 2 aromatic carbocycles. The van der Waals surface area contributed by atoms with Crippen LogP contribution in [0.5, 0.6) is 11.5 Å². The molecule has 2 N–H and O–H groups in total. The third kappa shape index (κ3) is 3.69. The average molecular weight is 300 g/mol. The van der Waals surface area contributed by atoms with Crippen molar-refractivity contribution >= 4 is 17.4 Å². The van der Waals surface area contributed by atoms with Gasteiger partial charge in [0.05, 0.1) is 14.2 Å². The largest absolute Gasteiger partial charge is 0.494 e. The summed E-state index contributed by atoms with van der Waals surface area (Å²) in [7, 11) is 3.09. The lowest BCUT2D eigenvalue weighted by atomic mass is 10.1. The van der Waals surface area contributed by atoms with Gasteiger partial charge in [0, 0.05) is 5.69 Å². The minimum absolute atomic E-state index is 0.355. The van der Waals surface area contributed by atoms with Crippen molar-refractivity contribution < 1.29 is 14.3 Å². The zero-order valence-electron chi connectivity index (χ0n) is 13.0. The first-order valence-electron chi connectivity index (χ1n) is 7.05. The molecule has 0 aliphatic heterocycles. The number of carbonyl (C=O) groups excluding carboxylic acids is 1. The Kier molecular flexibility index (Phi) is 5.25. The minimum Gasteiger partial charge on any atom is -0.494 e. The molecule has 0 aliphatic carbocycles. The fourth-order valence-corrected chi connectivity index (χ4v) is 2.07. The first kappa shape index (κ1) is 15.7. The molecule has 0 saturated carbocycles. The van der Waals surface area contributed by atoms with Gasteiger partial charge in [0.25, 0.3) is 0 Å². The molecule has 0 atom stereocenters. The van der Waals surface area contributed by atoms with Crippen LogP contribution >= 0.6 is 0 Å². The van der Waals surface area contributed by atoms with Crippen LogP contribution in [-0.4, -0.2) is 20.3 Å². The molecule has 0 aromatic heterocycles. The van der Waals surface area contributed by atoms with E-state index < -0.39 is 0 Å². The summed E-state index contributed by atoms with van der Waals surface area (Å²) in [4.78, 5) is 12.1. The maximum atomic E-state index is 12.1. The van der Waals surface area contributed by atoms with Crippen molar-refractivity contribution in [2.75, 3.05) is 24.9 Å². The molecule has 0 bridgehead atoms. The lowest BCUT2D eigenvalue weighted by molar-refractivity contribution is 0.262. The number of amides is 2. The van der Waals surface area contributed by atoms with Crippen LogP contribution in [0, 0.1) is 0 Å². The number of para-hydroxylation sites is 1. The van der Waals surface area contributed by atoms with Gasteiger partial charge in [-0.3, -0.25) is 0 Å². The van der Waals surface area contributed by atoms with Crippen LogP contribution in [0.3, 0.4) is 0 Å². The van der Waals surface area contributed by atoms with Gasteiger partial charge in [0.1, 0.15) is 17.2 Å². The topological polar surface area (TPSA) is 59.6 Å². The zero-order valence-corrected chi connectivity index (χ0v) is 13.0. The fourth-order valence-electron chi connectivity index (χ4n) is 2.07. The Balaban J connectivity index is 2.11. The molecule has 0 aliphatic rings. The Bertz CT molecular complexity index is 617. The summed E-state index contributed by atoms with van der Waals surface area (Å²) in [5.74, 6) is 1.08. The molecular weight excluding hydrogens is 280 g/mol. The molecule has 22 heavy (non-hydrogen) atoms. The molecule has 5 heteroatoms. The van der Waals surface area contributed by atoms with Gasteiger partial charge in [0.15, 0.2) is 0 Å². The maximum Gasteiger partial charge on any atom is 0.323 e. The summed E-state index contributed by atoms with van der Waals surface area (Å²) in [5, 5.41) is 5.54. The molecule has 0 fully saturated rings. The second kappa shape index (κ2) is 7.36. The van der Waals surface area contributed by atoms with E-state index in [4.69, 9.17) is 9.47 Å². The molecule has 0 heterocycles. The van der Waals surface area contributed by atoms with E-state index in [9.17, 15) is 4.79 Å². The van der Waals surface area contributed by atoms with Crippen LogP contribution in [0.1, 0.15) is 12.5 Å². The second-order valence-electron chi connectivity index (χ2n) is 4.67. The van der Waals surface area contributed by atoms with Gasteiger partial charge in [-0.15, -0.1) is 0 Å². The van der Waals surface area contributed by atoms with Crippen molar-refractivity contribution in [3.63, 3.8) is 0 Å². The zero-order chi connectivity index (χ0) is 15.9. The average Bonchev–Trinajstić information content (AvgIpc) is 2.55. The molecule has 5 nitrogen and oxygen atoms in total. The van der Waals surface area contributed by atoms with Gasteiger partial charge in [-0.25, -0.2) is 4.79 Å². The number of benzene rings is 2. The number of methoxy groups -OCH3 is 2. The van der Waals surface area contributed by atoms with Crippen molar-refractivity contribution in [2.24, 2.45) is 0 Å². The van der Waals surface area contributed by atoms with Crippen molar-refractivity contribution in [3.8, 4) is 11.5 Å². The third-order valence-corrected chi connectivity index (χ3v) is 3.29. The molecule has 0 unspecified atom stereocenters. The SMILES string of the molecule is CCc1ccc(NC(=O)Nc2c(OC)cccc2OC)cc1. The van der Waals surface area contributed by atoms with Gasteiger partial charge >= 0.3 is 6.03 Å². The first-order chi connectivity index (χ1) is 10.7. The molecule has 2 rings (SSSR count). The van der Waals surface area contributed by atoms with Crippen LogP contribution < -0.4 is 20.1 Å². The third-order valence-electron chi connectivity index (χ3n) is 3.29. The molecule has 116 valence electrons. The van der Waals surface area contributed by atoms with Crippen LogP contribution in [0.2, 0.25) is 0 Å². The van der Waals surface area contributed by atoms with Gasteiger partial charge in [-0.05, 0) is 36.2 Å². The number of carbonyl (C=O) groups is 1.